The van der Waals surface area contributed by atoms with Gasteiger partial charge in [-0.1, -0.05) is 52.6 Å². The average molecular weight is 323 g/mol. The first kappa shape index (κ1) is 13.9. The van der Waals surface area contributed by atoms with Gasteiger partial charge in [-0.05, 0) is 18.2 Å². The molecule has 0 fully saturated rings. The molecule has 0 spiro atoms. The van der Waals surface area contributed by atoms with E-state index in [0.717, 1.165) is 0 Å². The Morgan fingerprint density at radius 3 is 2.38 bits per heavy atom. The van der Waals surface area contributed by atoms with E-state index in [1.165, 1.54) is 6.07 Å². The van der Waals surface area contributed by atoms with E-state index in [1.807, 2.05) is 0 Å². The number of nitrogens with zero attached hydrogens (tertiary/aromatic N) is 1. The van der Waals surface area contributed by atoms with Crippen LogP contribution in [0.4, 0.5) is 10.2 Å². The third kappa shape index (κ3) is 2.37. The molecule has 6 heteroatoms. The van der Waals surface area contributed by atoms with Gasteiger partial charge in [-0.2, -0.15) is 0 Å². The van der Waals surface area contributed by atoms with Gasteiger partial charge in [0.2, 0.25) is 0 Å². The number of hydrogen-bond donors (Lipinski definition) is 1. The molecule has 21 heavy (non-hydrogen) atoms. The van der Waals surface area contributed by atoms with Gasteiger partial charge in [-0.3, -0.25) is 0 Å². The lowest BCUT2D eigenvalue weighted by atomic mass is 10.0. The van der Waals surface area contributed by atoms with E-state index in [2.05, 4.69) is 5.16 Å². The van der Waals surface area contributed by atoms with Crippen molar-refractivity contribution in [1.29, 1.82) is 0 Å². The summed E-state index contributed by atoms with van der Waals surface area (Å²) in [6.07, 6.45) is 0. The highest BCUT2D eigenvalue weighted by molar-refractivity contribution is 6.33. The summed E-state index contributed by atoms with van der Waals surface area (Å²) in [5, 5.41) is 4.18. The van der Waals surface area contributed by atoms with Gasteiger partial charge in [-0.25, -0.2) is 4.39 Å². The molecule has 2 aromatic carbocycles. The highest BCUT2D eigenvalue weighted by Gasteiger charge is 2.22. The molecule has 3 aromatic rings. The summed E-state index contributed by atoms with van der Waals surface area (Å²) in [7, 11) is 0. The second kappa shape index (κ2) is 5.39. The highest BCUT2D eigenvalue weighted by atomic mass is 35.5. The largest absolute Gasteiger partial charge is 0.380 e. The molecule has 0 atom stereocenters. The zero-order valence-corrected chi connectivity index (χ0v) is 12.1. The molecule has 106 valence electrons. The molecular weight excluding hydrogens is 314 g/mol. The molecule has 0 aliphatic rings. The van der Waals surface area contributed by atoms with E-state index in [9.17, 15) is 4.39 Å². The Hall–Kier alpha value is -2.04. The summed E-state index contributed by atoms with van der Waals surface area (Å²) < 4.78 is 19.4. The second-order valence-electron chi connectivity index (χ2n) is 4.35. The molecule has 1 aromatic heterocycles. The highest BCUT2D eigenvalue weighted by Crippen LogP contribution is 2.41. The number of anilines is 1. The minimum atomic E-state index is -0.594. The fourth-order valence-corrected chi connectivity index (χ4v) is 2.49. The zero-order valence-electron chi connectivity index (χ0n) is 10.6. The van der Waals surface area contributed by atoms with E-state index in [0.29, 0.717) is 16.1 Å². The topological polar surface area (TPSA) is 52.0 Å². The molecule has 0 unspecified atom stereocenters. The van der Waals surface area contributed by atoms with E-state index >= 15 is 0 Å². The van der Waals surface area contributed by atoms with Crippen LogP contribution in [0.2, 0.25) is 10.0 Å². The molecule has 0 radical (unpaired) electrons. The Kier molecular flexibility index (Phi) is 3.57. The number of rotatable bonds is 2. The van der Waals surface area contributed by atoms with Crippen molar-refractivity contribution < 1.29 is 8.91 Å². The number of hydrogen-bond acceptors (Lipinski definition) is 3. The molecule has 0 aliphatic heterocycles. The predicted molar refractivity (Wildman–Crippen MR) is 81.8 cm³/mol. The molecule has 1 heterocycles. The van der Waals surface area contributed by atoms with Crippen LogP contribution in [0.1, 0.15) is 0 Å². The normalized spacial score (nSPS) is 10.8. The van der Waals surface area contributed by atoms with E-state index < -0.39 is 5.82 Å². The molecular formula is C15H9Cl2FN2O. The van der Waals surface area contributed by atoms with Crippen molar-refractivity contribution in [3.8, 4) is 22.5 Å². The van der Waals surface area contributed by atoms with Crippen LogP contribution in [0.25, 0.3) is 22.5 Å². The summed E-state index contributed by atoms with van der Waals surface area (Å²) >= 11 is 12.0. The van der Waals surface area contributed by atoms with Gasteiger partial charge in [0, 0.05) is 10.6 Å². The van der Waals surface area contributed by atoms with Crippen LogP contribution in [0, 0.1) is 5.82 Å². The third-order valence-corrected chi connectivity index (χ3v) is 3.68. The molecule has 0 bridgehead atoms. The van der Waals surface area contributed by atoms with Gasteiger partial charge in [0.15, 0.2) is 17.4 Å². The standard InChI is InChI=1S/C15H9Cl2FN2O/c16-10-6-2-1-4-8(10)12-14(21-20-15(12)19)9-5-3-7-11(17)13(9)18/h1-7H,(H2,19,20). The first-order chi connectivity index (χ1) is 10.1. The Labute approximate surface area is 130 Å². The van der Waals surface area contributed by atoms with Crippen LogP contribution in [0.3, 0.4) is 0 Å². The maximum absolute atomic E-state index is 14.2. The van der Waals surface area contributed by atoms with Crippen molar-refractivity contribution in [2.24, 2.45) is 0 Å². The van der Waals surface area contributed by atoms with Crippen LogP contribution < -0.4 is 5.73 Å². The molecule has 2 N–H and O–H groups in total. The summed E-state index contributed by atoms with van der Waals surface area (Å²) in [6.45, 7) is 0. The van der Waals surface area contributed by atoms with Crippen molar-refractivity contribution in [3.05, 3.63) is 58.3 Å². The van der Waals surface area contributed by atoms with E-state index in [1.54, 1.807) is 36.4 Å². The minimum absolute atomic E-state index is 0.00687. The maximum Gasteiger partial charge on any atom is 0.179 e. The number of halogens is 3. The lowest BCUT2D eigenvalue weighted by molar-refractivity contribution is 0.433. The van der Waals surface area contributed by atoms with Gasteiger partial charge in [0.1, 0.15) is 0 Å². The second-order valence-corrected chi connectivity index (χ2v) is 5.17. The number of benzene rings is 2. The molecule has 0 aliphatic carbocycles. The summed E-state index contributed by atoms with van der Waals surface area (Å²) in [6, 6.07) is 11.7. The van der Waals surface area contributed by atoms with Gasteiger partial charge < -0.3 is 10.3 Å². The van der Waals surface area contributed by atoms with Crippen LogP contribution in [0.15, 0.2) is 47.0 Å². The SMILES string of the molecule is Nc1noc(-c2cccc(Cl)c2F)c1-c1ccccc1Cl. The summed E-state index contributed by atoms with van der Waals surface area (Å²) in [4.78, 5) is 0. The van der Waals surface area contributed by atoms with Crippen LogP contribution in [0.5, 0.6) is 0 Å². The quantitative estimate of drug-likeness (QED) is 0.719. The average Bonchev–Trinajstić information content (AvgIpc) is 2.84. The third-order valence-electron chi connectivity index (χ3n) is 3.06. The summed E-state index contributed by atoms with van der Waals surface area (Å²) in [5.74, 6) is -0.262. The maximum atomic E-state index is 14.2. The zero-order chi connectivity index (χ0) is 15.0. The Morgan fingerprint density at radius 1 is 0.952 bits per heavy atom. The fourth-order valence-electron chi connectivity index (χ4n) is 2.09. The van der Waals surface area contributed by atoms with E-state index in [-0.39, 0.29) is 22.2 Å². The first-order valence-electron chi connectivity index (χ1n) is 6.04. The monoisotopic (exact) mass is 322 g/mol. The van der Waals surface area contributed by atoms with Crippen molar-refractivity contribution in [3.63, 3.8) is 0 Å². The van der Waals surface area contributed by atoms with Gasteiger partial charge in [0.05, 0.1) is 16.1 Å². The lowest BCUT2D eigenvalue weighted by Gasteiger charge is -2.06. The fraction of sp³-hybridized carbons (Fsp3) is 0. The van der Waals surface area contributed by atoms with Crippen LogP contribution in [-0.4, -0.2) is 5.16 Å². The lowest BCUT2D eigenvalue weighted by Crippen LogP contribution is -1.91. The van der Waals surface area contributed by atoms with Crippen molar-refractivity contribution >= 4 is 29.0 Å². The van der Waals surface area contributed by atoms with Gasteiger partial charge in [-0.15, -0.1) is 0 Å². The van der Waals surface area contributed by atoms with Crippen LogP contribution >= 0.6 is 23.2 Å². The number of nitrogens with two attached hydrogens (primary N) is 1. The molecule has 0 amide bonds. The van der Waals surface area contributed by atoms with Crippen molar-refractivity contribution in [1.82, 2.24) is 5.16 Å². The van der Waals surface area contributed by atoms with Gasteiger partial charge >= 0.3 is 0 Å². The van der Waals surface area contributed by atoms with Crippen molar-refractivity contribution in [2.45, 2.75) is 0 Å². The number of aromatic nitrogens is 1. The first-order valence-corrected chi connectivity index (χ1v) is 6.79. The Balaban J connectivity index is 2.28. The van der Waals surface area contributed by atoms with Crippen LogP contribution in [-0.2, 0) is 0 Å². The van der Waals surface area contributed by atoms with Crippen molar-refractivity contribution in [2.75, 3.05) is 5.73 Å². The molecule has 3 nitrogen and oxygen atoms in total. The molecule has 3 rings (SSSR count). The van der Waals surface area contributed by atoms with Gasteiger partial charge in [0.25, 0.3) is 0 Å². The number of nitrogen functional groups attached to an aromatic ring is 1. The molecule has 0 saturated heterocycles. The van der Waals surface area contributed by atoms with E-state index in [4.69, 9.17) is 33.5 Å². The molecule has 0 saturated carbocycles. The minimum Gasteiger partial charge on any atom is -0.380 e. The summed E-state index contributed by atoms with van der Waals surface area (Å²) in [5.41, 5.74) is 7.09. The Morgan fingerprint density at radius 2 is 1.62 bits per heavy atom. The predicted octanol–water partition coefficient (Wildman–Crippen LogP) is 5.04. The smallest absolute Gasteiger partial charge is 0.179 e. The Bertz CT molecular complexity index is 817.